The van der Waals surface area contributed by atoms with Gasteiger partial charge in [-0.1, -0.05) is 32.9 Å². The van der Waals surface area contributed by atoms with E-state index in [-0.39, 0.29) is 12.5 Å². The van der Waals surface area contributed by atoms with E-state index < -0.39 is 10.2 Å². The Bertz CT molecular complexity index is 583. The summed E-state index contributed by atoms with van der Waals surface area (Å²) in [4.78, 5) is 11.9. The molecular weight excluding hydrogens is 302 g/mol. The molecule has 0 saturated heterocycles. The van der Waals surface area contributed by atoms with E-state index in [4.69, 9.17) is 0 Å². The van der Waals surface area contributed by atoms with Gasteiger partial charge >= 0.3 is 0 Å². The molecule has 0 unspecified atom stereocenters. The second kappa shape index (κ2) is 8.87. The van der Waals surface area contributed by atoms with Crippen LogP contribution in [-0.4, -0.2) is 38.3 Å². The highest BCUT2D eigenvalue weighted by molar-refractivity contribution is 7.87. The van der Waals surface area contributed by atoms with Crippen molar-refractivity contribution < 1.29 is 13.2 Å². The standard InChI is InChI=1S/C15H25N3O3S/c1-4-10-16-15(19)14-9-7-8-13(11-14)12-17-22(20,21)18(5-2)6-3/h7-9,11,17H,4-6,10,12H2,1-3H3,(H,16,19). The number of nitrogens with one attached hydrogen (secondary N) is 2. The summed E-state index contributed by atoms with van der Waals surface area (Å²) in [6.07, 6.45) is 0.870. The highest BCUT2D eigenvalue weighted by Gasteiger charge is 2.17. The van der Waals surface area contributed by atoms with Crippen LogP contribution >= 0.6 is 0 Å². The van der Waals surface area contributed by atoms with Crippen molar-refractivity contribution in [2.24, 2.45) is 0 Å². The minimum absolute atomic E-state index is 0.143. The summed E-state index contributed by atoms with van der Waals surface area (Å²) < 4.78 is 28.0. The number of nitrogens with zero attached hydrogens (tertiary/aromatic N) is 1. The molecule has 22 heavy (non-hydrogen) atoms. The molecule has 0 saturated carbocycles. The van der Waals surface area contributed by atoms with Crippen molar-refractivity contribution in [2.45, 2.75) is 33.7 Å². The van der Waals surface area contributed by atoms with E-state index in [1.807, 2.05) is 6.92 Å². The van der Waals surface area contributed by atoms with E-state index in [1.165, 1.54) is 4.31 Å². The zero-order chi connectivity index (χ0) is 16.6. The summed E-state index contributed by atoms with van der Waals surface area (Å²) in [5, 5.41) is 2.80. The van der Waals surface area contributed by atoms with Crippen molar-refractivity contribution in [3.63, 3.8) is 0 Å². The lowest BCUT2D eigenvalue weighted by Crippen LogP contribution is -2.40. The summed E-state index contributed by atoms with van der Waals surface area (Å²) in [6.45, 7) is 7.20. The highest BCUT2D eigenvalue weighted by atomic mass is 32.2. The van der Waals surface area contributed by atoms with Crippen molar-refractivity contribution >= 4 is 16.1 Å². The number of carbonyl (C=O) groups is 1. The maximum Gasteiger partial charge on any atom is 0.279 e. The van der Waals surface area contributed by atoms with Gasteiger partial charge in [0.15, 0.2) is 0 Å². The molecule has 0 bridgehead atoms. The Hall–Kier alpha value is -1.44. The topological polar surface area (TPSA) is 78.5 Å². The van der Waals surface area contributed by atoms with Gasteiger partial charge in [0, 0.05) is 31.7 Å². The number of carbonyl (C=O) groups excluding carboxylic acids is 1. The minimum Gasteiger partial charge on any atom is -0.352 e. The van der Waals surface area contributed by atoms with Crippen LogP contribution in [0.2, 0.25) is 0 Å². The number of benzene rings is 1. The van der Waals surface area contributed by atoms with Crippen molar-refractivity contribution in [2.75, 3.05) is 19.6 Å². The smallest absolute Gasteiger partial charge is 0.279 e. The number of rotatable bonds is 9. The molecule has 1 aromatic rings. The van der Waals surface area contributed by atoms with E-state index in [2.05, 4.69) is 10.0 Å². The van der Waals surface area contributed by atoms with Gasteiger partial charge in [0.2, 0.25) is 0 Å². The van der Waals surface area contributed by atoms with Gasteiger partial charge in [0.05, 0.1) is 0 Å². The quantitative estimate of drug-likeness (QED) is 0.721. The van der Waals surface area contributed by atoms with Crippen LogP contribution < -0.4 is 10.0 Å². The van der Waals surface area contributed by atoms with Gasteiger partial charge in [0.25, 0.3) is 16.1 Å². The Morgan fingerprint density at radius 3 is 2.45 bits per heavy atom. The van der Waals surface area contributed by atoms with E-state index >= 15 is 0 Å². The molecular formula is C15H25N3O3S. The Kier molecular flexibility index (Phi) is 7.50. The molecule has 0 aliphatic rings. The largest absolute Gasteiger partial charge is 0.352 e. The molecule has 1 amide bonds. The van der Waals surface area contributed by atoms with Crippen LogP contribution in [0, 0.1) is 0 Å². The van der Waals surface area contributed by atoms with Crippen LogP contribution in [0.25, 0.3) is 0 Å². The summed E-state index contributed by atoms with van der Waals surface area (Å²) in [7, 11) is -3.49. The summed E-state index contributed by atoms with van der Waals surface area (Å²) in [5.74, 6) is -0.143. The maximum atomic E-state index is 12.1. The van der Waals surface area contributed by atoms with Crippen molar-refractivity contribution in [1.29, 1.82) is 0 Å². The van der Waals surface area contributed by atoms with Crippen molar-refractivity contribution in [3.8, 4) is 0 Å². The zero-order valence-electron chi connectivity index (χ0n) is 13.4. The number of hydrogen-bond acceptors (Lipinski definition) is 3. The van der Waals surface area contributed by atoms with E-state index in [0.29, 0.717) is 25.2 Å². The molecule has 0 aromatic heterocycles. The van der Waals surface area contributed by atoms with Gasteiger partial charge < -0.3 is 5.32 Å². The van der Waals surface area contributed by atoms with Crippen LogP contribution in [0.5, 0.6) is 0 Å². The van der Waals surface area contributed by atoms with Crippen molar-refractivity contribution in [1.82, 2.24) is 14.3 Å². The van der Waals surface area contributed by atoms with Crippen LogP contribution in [-0.2, 0) is 16.8 Å². The third-order valence-electron chi connectivity index (χ3n) is 3.23. The number of amides is 1. The minimum atomic E-state index is -3.49. The predicted molar refractivity (Wildman–Crippen MR) is 87.7 cm³/mol. The van der Waals surface area contributed by atoms with E-state index in [0.717, 1.165) is 12.0 Å². The Labute approximate surface area is 133 Å². The fourth-order valence-electron chi connectivity index (χ4n) is 1.99. The van der Waals surface area contributed by atoms with Gasteiger partial charge in [0.1, 0.15) is 0 Å². The molecule has 0 radical (unpaired) electrons. The summed E-state index contributed by atoms with van der Waals surface area (Å²) in [5.41, 5.74) is 1.29. The molecule has 0 fully saturated rings. The molecule has 0 heterocycles. The highest BCUT2D eigenvalue weighted by Crippen LogP contribution is 2.07. The monoisotopic (exact) mass is 327 g/mol. The molecule has 0 aliphatic carbocycles. The lowest BCUT2D eigenvalue weighted by atomic mass is 10.1. The molecule has 2 N–H and O–H groups in total. The third-order valence-corrected chi connectivity index (χ3v) is 4.93. The van der Waals surface area contributed by atoms with E-state index in [9.17, 15) is 13.2 Å². The fraction of sp³-hybridized carbons (Fsp3) is 0.533. The van der Waals surface area contributed by atoms with Crippen LogP contribution in [0.4, 0.5) is 0 Å². The average molecular weight is 327 g/mol. The lowest BCUT2D eigenvalue weighted by Gasteiger charge is -2.18. The first-order valence-corrected chi connectivity index (χ1v) is 9.00. The van der Waals surface area contributed by atoms with Crippen LogP contribution in [0.15, 0.2) is 24.3 Å². The Morgan fingerprint density at radius 1 is 1.18 bits per heavy atom. The first kappa shape index (κ1) is 18.6. The average Bonchev–Trinajstić information content (AvgIpc) is 2.52. The normalized spacial score (nSPS) is 11.6. The molecule has 124 valence electrons. The van der Waals surface area contributed by atoms with Gasteiger partial charge in [-0.05, 0) is 24.1 Å². The Morgan fingerprint density at radius 2 is 1.86 bits per heavy atom. The van der Waals surface area contributed by atoms with Crippen molar-refractivity contribution in [3.05, 3.63) is 35.4 Å². The first-order valence-electron chi connectivity index (χ1n) is 7.56. The predicted octanol–water partition coefficient (Wildman–Crippen LogP) is 1.50. The second-order valence-electron chi connectivity index (χ2n) is 4.87. The third kappa shape index (κ3) is 5.40. The first-order chi connectivity index (χ1) is 10.4. The second-order valence-corrected chi connectivity index (χ2v) is 6.62. The molecule has 1 rings (SSSR count). The van der Waals surface area contributed by atoms with E-state index in [1.54, 1.807) is 38.1 Å². The zero-order valence-corrected chi connectivity index (χ0v) is 14.2. The summed E-state index contributed by atoms with van der Waals surface area (Å²) in [6, 6.07) is 6.96. The fourth-order valence-corrected chi connectivity index (χ4v) is 3.20. The molecule has 0 spiro atoms. The molecule has 7 heteroatoms. The van der Waals surface area contributed by atoms with Gasteiger partial charge in [-0.2, -0.15) is 17.4 Å². The maximum absolute atomic E-state index is 12.1. The molecule has 6 nitrogen and oxygen atoms in total. The SMILES string of the molecule is CCCNC(=O)c1cccc(CNS(=O)(=O)N(CC)CC)c1. The van der Waals surface area contributed by atoms with Gasteiger partial charge in [-0.15, -0.1) is 0 Å². The number of hydrogen-bond donors (Lipinski definition) is 2. The molecule has 0 atom stereocenters. The molecule has 0 aliphatic heterocycles. The van der Waals surface area contributed by atoms with Crippen LogP contribution in [0.3, 0.4) is 0 Å². The molecule has 1 aromatic carbocycles. The summed E-state index contributed by atoms with van der Waals surface area (Å²) >= 11 is 0. The van der Waals surface area contributed by atoms with Gasteiger partial charge in [-0.3, -0.25) is 4.79 Å². The Balaban J connectivity index is 2.73. The van der Waals surface area contributed by atoms with Crippen LogP contribution in [0.1, 0.15) is 43.1 Å². The lowest BCUT2D eigenvalue weighted by molar-refractivity contribution is 0.0953. The van der Waals surface area contributed by atoms with Gasteiger partial charge in [-0.25, -0.2) is 0 Å².